The number of rotatable bonds is 3. The van der Waals surface area contributed by atoms with E-state index >= 15 is 0 Å². The van der Waals surface area contributed by atoms with Gasteiger partial charge in [0.25, 0.3) is 0 Å². The summed E-state index contributed by atoms with van der Waals surface area (Å²) >= 11 is 2.02. The van der Waals surface area contributed by atoms with Crippen LogP contribution in [0.3, 0.4) is 0 Å². The van der Waals surface area contributed by atoms with Crippen molar-refractivity contribution in [3.8, 4) is 0 Å². The molecule has 4 atom stereocenters. The fourth-order valence-electron chi connectivity index (χ4n) is 4.34. The molecule has 98 valence electrons. The summed E-state index contributed by atoms with van der Waals surface area (Å²) in [6, 6.07) is 0. The smallest absolute Gasteiger partial charge is 0.110 e. The van der Waals surface area contributed by atoms with E-state index < -0.39 is 0 Å². The van der Waals surface area contributed by atoms with Crippen molar-refractivity contribution >= 4 is 23.0 Å². The van der Waals surface area contributed by atoms with Crippen molar-refractivity contribution in [2.24, 2.45) is 17.3 Å². The first-order valence-electron chi connectivity index (χ1n) is 7.09. The average Bonchev–Trinajstić information content (AvgIpc) is 2.66. The van der Waals surface area contributed by atoms with E-state index in [9.17, 15) is 0 Å². The van der Waals surface area contributed by atoms with E-state index in [-0.39, 0.29) is 6.10 Å². The van der Waals surface area contributed by atoms with E-state index in [1.54, 1.807) is 5.57 Å². The first-order valence-corrected chi connectivity index (χ1v) is 7.98. The number of hydrogen-bond acceptors (Lipinski definition) is 1. The molecule has 0 radical (unpaired) electrons. The summed E-state index contributed by atoms with van der Waals surface area (Å²) in [5, 5.41) is 0. The van der Waals surface area contributed by atoms with Crippen molar-refractivity contribution in [3.63, 3.8) is 0 Å². The molecule has 0 heterocycles. The summed E-state index contributed by atoms with van der Waals surface area (Å²) in [4.78, 5) is 0. The molecule has 4 unspecified atom stereocenters. The van der Waals surface area contributed by atoms with Crippen LogP contribution in [0.25, 0.3) is 0 Å². The van der Waals surface area contributed by atoms with E-state index in [2.05, 4.69) is 26.8 Å². The van der Waals surface area contributed by atoms with Crippen molar-refractivity contribution < 1.29 is 3.07 Å². The Hall–Kier alpha value is 0.430. The Morgan fingerprint density at radius 3 is 2.94 bits per heavy atom. The zero-order chi connectivity index (χ0) is 12.5. The predicted molar refractivity (Wildman–Crippen MR) is 81.1 cm³/mol. The molecule has 0 aromatic heterocycles. The summed E-state index contributed by atoms with van der Waals surface area (Å²) in [5.74, 6) is 1.79. The fraction of sp³-hybridized carbons (Fsp3) is 0.867. The molecule has 1 nitrogen and oxygen atoms in total. The van der Waals surface area contributed by atoms with Crippen LogP contribution in [0.1, 0.15) is 59.3 Å². The topological polar surface area (TPSA) is 9.23 Å². The van der Waals surface area contributed by atoms with Crippen LogP contribution in [0, 0.1) is 17.3 Å². The third-order valence-corrected chi connectivity index (χ3v) is 6.05. The lowest BCUT2D eigenvalue weighted by molar-refractivity contribution is 0.131. The third-order valence-electron chi connectivity index (χ3n) is 5.24. The number of halogens is 1. The van der Waals surface area contributed by atoms with Gasteiger partial charge in [0.2, 0.25) is 0 Å². The molecule has 0 bridgehead atoms. The molecule has 2 fully saturated rings. The Labute approximate surface area is 120 Å². The minimum atomic E-state index is 0.272. The highest BCUT2D eigenvalue weighted by Gasteiger charge is 2.48. The molecule has 17 heavy (non-hydrogen) atoms. The quantitative estimate of drug-likeness (QED) is 0.497. The molecular weight excluding hydrogens is 323 g/mol. The molecule has 0 saturated heterocycles. The van der Waals surface area contributed by atoms with E-state index in [4.69, 9.17) is 3.07 Å². The Balaban J connectivity index is 2.20. The molecule has 2 rings (SSSR count). The van der Waals surface area contributed by atoms with Gasteiger partial charge in [0, 0.05) is 0 Å². The van der Waals surface area contributed by atoms with Gasteiger partial charge < -0.3 is 3.07 Å². The fourth-order valence-corrected chi connectivity index (χ4v) is 4.49. The van der Waals surface area contributed by atoms with Crippen LogP contribution in [0.15, 0.2) is 11.6 Å². The Kier molecular flexibility index (Phi) is 4.56. The van der Waals surface area contributed by atoms with Crippen LogP contribution in [0.2, 0.25) is 0 Å². The van der Waals surface area contributed by atoms with Crippen molar-refractivity contribution in [3.05, 3.63) is 11.6 Å². The van der Waals surface area contributed by atoms with Crippen LogP contribution in [0.5, 0.6) is 0 Å². The Morgan fingerprint density at radius 1 is 1.53 bits per heavy atom. The lowest BCUT2D eigenvalue weighted by Gasteiger charge is -2.42. The van der Waals surface area contributed by atoms with Crippen molar-refractivity contribution in [2.45, 2.75) is 65.4 Å². The van der Waals surface area contributed by atoms with Gasteiger partial charge in [-0.05, 0) is 56.3 Å². The highest BCUT2D eigenvalue weighted by Crippen LogP contribution is 2.58. The molecule has 2 heteroatoms. The molecule has 2 aliphatic carbocycles. The van der Waals surface area contributed by atoms with Gasteiger partial charge in [0.15, 0.2) is 0 Å². The summed E-state index contributed by atoms with van der Waals surface area (Å²) in [7, 11) is 0. The first-order chi connectivity index (χ1) is 8.11. The molecule has 2 saturated carbocycles. The predicted octanol–water partition coefficient (Wildman–Crippen LogP) is 5.29. The van der Waals surface area contributed by atoms with Crippen LogP contribution < -0.4 is 0 Å². The number of allylic oxidation sites excluding steroid dienone is 1. The highest BCUT2D eigenvalue weighted by molar-refractivity contribution is 14.1. The lowest BCUT2D eigenvalue weighted by atomic mass is 9.63. The maximum Gasteiger partial charge on any atom is 0.110 e. The van der Waals surface area contributed by atoms with Gasteiger partial charge >= 0.3 is 0 Å². The van der Waals surface area contributed by atoms with Crippen LogP contribution in [-0.4, -0.2) is 6.10 Å². The Morgan fingerprint density at radius 2 is 2.29 bits per heavy atom. The van der Waals surface area contributed by atoms with E-state index in [1.807, 2.05) is 23.0 Å². The second-order valence-electron chi connectivity index (χ2n) is 6.13. The normalized spacial score (nSPS) is 41.5. The van der Waals surface area contributed by atoms with Crippen molar-refractivity contribution in [2.75, 3.05) is 0 Å². The standard InChI is InChI=1S/C15H25IO/c1-4-13-7-8-14-12(10-11(2)17-16)6-5-9-15(13,14)3/h10-11,13-14H,4-9H2,1-3H3/b12-10+. The molecule has 0 aromatic carbocycles. The monoisotopic (exact) mass is 348 g/mol. The second kappa shape index (κ2) is 5.60. The van der Waals surface area contributed by atoms with Crippen molar-refractivity contribution in [1.82, 2.24) is 0 Å². The van der Waals surface area contributed by atoms with Gasteiger partial charge in [0.05, 0.1) is 6.10 Å². The van der Waals surface area contributed by atoms with E-state index in [0.29, 0.717) is 5.41 Å². The van der Waals surface area contributed by atoms with Crippen molar-refractivity contribution in [1.29, 1.82) is 0 Å². The number of fused-ring (bicyclic) bond motifs is 1. The summed E-state index contributed by atoms with van der Waals surface area (Å²) in [6.45, 7) is 7.06. The zero-order valence-electron chi connectivity index (χ0n) is 11.3. The minimum absolute atomic E-state index is 0.272. The van der Waals surface area contributed by atoms with Gasteiger partial charge in [-0.3, -0.25) is 0 Å². The molecule has 0 aliphatic heterocycles. The summed E-state index contributed by atoms with van der Waals surface area (Å²) < 4.78 is 5.38. The van der Waals surface area contributed by atoms with Gasteiger partial charge in [-0.15, -0.1) is 0 Å². The third kappa shape index (κ3) is 2.58. The average molecular weight is 348 g/mol. The summed E-state index contributed by atoms with van der Waals surface area (Å²) in [5.41, 5.74) is 2.28. The minimum Gasteiger partial charge on any atom is -0.309 e. The second-order valence-corrected chi connectivity index (χ2v) is 6.64. The van der Waals surface area contributed by atoms with E-state index in [1.165, 1.54) is 38.5 Å². The largest absolute Gasteiger partial charge is 0.309 e. The molecule has 0 amide bonds. The Bertz CT molecular complexity index is 299. The van der Waals surface area contributed by atoms with Crippen LogP contribution in [-0.2, 0) is 3.07 Å². The summed E-state index contributed by atoms with van der Waals surface area (Å²) in [6.07, 6.45) is 11.0. The zero-order valence-corrected chi connectivity index (χ0v) is 13.5. The molecule has 0 N–H and O–H groups in total. The van der Waals surface area contributed by atoms with Gasteiger partial charge in [0.1, 0.15) is 23.0 Å². The molecule has 0 aromatic rings. The van der Waals surface area contributed by atoms with Crippen LogP contribution in [0.4, 0.5) is 0 Å². The SMILES string of the molecule is CCC1CCC2/C(=C/C(C)OI)CCCC12C. The van der Waals surface area contributed by atoms with Gasteiger partial charge in [-0.2, -0.15) is 0 Å². The molecule has 0 spiro atoms. The molecule has 2 aliphatic rings. The lowest BCUT2D eigenvalue weighted by Crippen LogP contribution is -2.33. The van der Waals surface area contributed by atoms with Gasteiger partial charge in [-0.25, -0.2) is 0 Å². The maximum absolute atomic E-state index is 5.38. The van der Waals surface area contributed by atoms with E-state index in [0.717, 1.165) is 11.8 Å². The van der Waals surface area contributed by atoms with Gasteiger partial charge in [-0.1, -0.05) is 31.9 Å². The first kappa shape index (κ1) is 13.9. The molecular formula is C15H25IO. The number of hydrogen-bond donors (Lipinski definition) is 0. The maximum atomic E-state index is 5.38. The van der Waals surface area contributed by atoms with Crippen LogP contribution >= 0.6 is 23.0 Å². The highest BCUT2D eigenvalue weighted by atomic mass is 127.